The Bertz CT molecular complexity index is 2270. The molecule has 11 heteroatoms. The van der Waals surface area contributed by atoms with Crippen LogP contribution < -0.4 is 10.2 Å². The molecular formula is C41H40N6O4S. The molecule has 3 aliphatic heterocycles. The van der Waals surface area contributed by atoms with Gasteiger partial charge in [-0.15, -0.1) is 0 Å². The zero-order valence-corrected chi connectivity index (χ0v) is 30.4. The number of para-hydroxylation sites is 1. The van der Waals surface area contributed by atoms with E-state index in [2.05, 4.69) is 38.8 Å². The molecule has 0 radical (unpaired) electrons. The number of methoxy groups -OCH3 is 1. The number of esters is 1. The summed E-state index contributed by atoms with van der Waals surface area (Å²) in [6.45, 7) is 6.00. The number of anilines is 2. The second-order valence-electron chi connectivity index (χ2n) is 15.4. The summed E-state index contributed by atoms with van der Waals surface area (Å²) in [5.41, 5.74) is 6.13. The summed E-state index contributed by atoms with van der Waals surface area (Å²) >= 11 is 1.45. The number of pyridine rings is 1. The molecule has 1 amide bonds. The Hall–Kier alpha value is -5.05. The molecule has 5 aromatic rings. The molecule has 2 unspecified atom stereocenters. The van der Waals surface area contributed by atoms with E-state index in [4.69, 9.17) is 14.5 Å². The Morgan fingerprint density at radius 2 is 1.87 bits per heavy atom. The van der Waals surface area contributed by atoms with Gasteiger partial charge in [0.2, 0.25) is 0 Å². The number of carbonyl (C=O) groups is 2. The summed E-state index contributed by atoms with van der Waals surface area (Å²) in [4.78, 5) is 38.6. The van der Waals surface area contributed by atoms with Crippen LogP contribution in [0, 0.1) is 30.1 Å². The standard InChI is InChI=1S/C41H40N6O4S/c1-24-31(16-28(21-42)47(24)23-41-19-25-15-26(20-41)18-40(2,17-25)51-41)29-11-12-35(44-36(29)38(49)50-3)46-14-13-27-7-6-8-30(32(27)22-46)37(48)45-39-43-33-9-4-5-10-34(33)52-39/h4-12,16,25-26H,13-15,17-20,22-23H2,1-3H3,(H,43,45,48). The number of thiazole rings is 1. The van der Waals surface area contributed by atoms with Gasteiger partial charge in [0.05, 0.1) is 35.1 Å². The molecule has 2 saturated carbocycles. The SMILES string of the molecule is COC(=O)c1nc(N2CCc3cccc(C(=O)Nc4nc5ccccc5s4)c3C2)ccc1-c1cc(C#N)n(CC23CC4CC(CC(C)(C4)O2)C3)c1C. The van der Waals surface area contributed by atoms with Crippen LogP contribution in [0.5, 0.6) is 0 Å². The van der Waals surface area contributed by atoms with E-state index >= 15 is 0 Å². The molecule has 2 aromatic carbocycles. The summed E-state index contributed by atoms with van der Waals surface area (Å²) in [5, 5.41) is 13.9. The highest BCUT2D eigenvalue weighted by atomic mass is 32.1. The zero-order valence-electron chi connectivity index (χ0n) is 29.6. The highest BCUT2D eigenvalue weighted by molar-refractivity contribution is 7.22. The van der Waals surface area contributed by atoms with Crippen LogP contribution in [-0.4, -0.2) is 51.3 Å². The summed E-state index contributed by atoms with van der Waals surface area (Å²) in [7, 11) is 1.36. The molecule has 4 bridgehead atoms. The van der Waals surface area contributed by atoms with Crippen LogP contribution in [0.2, 0.25) is 0 Å². The number of hydrogen-bond acceptors (Lipinski definition) is 9. The first kappa shape index (κ1) is 32.8. The number of benzene rings is 2. The van der Waals surface area contributed by atoms with E-state index in [0.717, 1.165) is 58.3 Å². The van der Waals surface area contributed by atoms with Crippen molar-refractivity contribution in [1.82, 2.24) is 14.5 Å². The van der Waals surface area contributed by atoms with Gasteiger partial charge < -0.3 is 18.9 Å². The van der Waals surface area contributed by atoms with E-state index in [9.17, 15) is 14.9 Å². The molecule has 2 saturated heterocycles. The van der Waals surface area contributed by atoms with Gasteiger partial charge in [0.25, 0.3) is 5.91 Å². The van der Waals surface area contributed by atoms with Crippen LogP contribution >= 0.6 is 11.3 Å². The monoisotopic (exact) mass is 712 g/mol. The minimum atomic E-state index is -0.548. The minimum Gasteiger partial charge on any atom is -0.464 e. The third kappa shape index (κ3) is 5.56. The van der Waals surface area contributed by atoms with Gasteiger partial charge in [-0.2, -0.15) is 5.26 Å². The van der Waals surface area contributed by atoms with Gasteiger partial charge in [-0.1, -0.05) is 35.6 Å². The Labute approximate surface area is 306 Å². The molecule has 10 rings (SSSR count). The first-order valence-electron chi connectivity index (χ1n) is 18.1. The Morgan fingerprint density at radius 1 is 1.06 bits per heavy atom. The van der Waals surface area contributed by atoms with Crippen molar-refractivity contribution in [3.8, 4) is 17.2 Å². The average molecular weight is 713 g/mol. The normalized spacial score (nSPS) is 24.5. The van der Waals surface area contributed by atoms with Crippen molar-refractivity contribution in [2.24, 2.45) is 11.8 Å². The lowest BCUT2D eigenvalue weighted by molar-refractivity contribution is -0.271. The van der Waals surface area contributed by atoms with Crippen molar-refractivity contribution >= 4 is 44.4 Å². The fourth-order valence-electron chi connectivity index (χ4n) is 9.92. The van der Waals surface area contributed by atoms with Gasteiger partial charge in [-0.05, 0) is 112 Å². The van der Waals surface area contributed by atoms with E-state index in [0.29, 0.717) is 65.7 Å². The predicted octanol–water partition coefficient (Wildman–Crippen LogP) is 7.68. The van der Waals surface area contributed by atoms with Crippen LogP contribution in [0.15, 0.2) is 60.7 Å². The van der Waals surface area contributed by atoms with E-state index < -0.39 is 5.97 Å². The van der Waals surface area contributed by atoms with Crippen LogP contribution in [-0.2, 0) is 29.0 Å². The van der Waals surface area contributed by atoms with Crippen molar-refractivity contribution in [1.29, 1.82) is 5.26 Å². The minimum absolute atomic E-state index is 0.0888. The van der Waals surface area contributed by atoms with Crippen LogP contribution in [0.25, 0.3) is 21.3 Å². The van der Waals surface area contributed by atoms with E-state index in [-0.39, 0.29) is 22.8 Å². The number of amides is 1. The largest absolute Gasteiger partial charge is 0.464 e. The van der Waals surface area contributed by atoms with Crippen LogP contribution in [0.1, 0.15) is 82.4 Å². The van der Waals surface area contributed by atoms with Gasteiger partial charge >= 0.3 is 5.97 Å². The molecule has 6 heterocycles. The fourth-order valence-corrected chi connectivity index (χ4v) is 10.8. The number of nitrogens with one attached hydrogen (secondary N) is 1. The van der Waals surface area contributed by atoms with Gasteiger partial charge in [-0.25, -0.2) is 14.8 Å². The summed E-state index contributed by atoms with van der Waals surface area (Å²) in [6, 6.07) is 21.8. The molecule has 3 aromatic heterocycles. The zero-order chi connectivity index (χ0) is 35.8. The third-order valence-corrected chi connectivity index (χ3v) is 12.7. The average Bonchev–Trinajstić information content (AvgIpc) is 3.68. The summed E-state index contributed by atoms with van der Waals surface area (Å²) < 4.78 is 15.2. The first-order valence-corrected chi connectivity index (χ1v) is 18.9. The lowest BCUT2D eigenvalue weighted by Crippen LogP contribution is -2.61. The third-order valence-electron chi connectivity index (χ3n) is 11.7. The van der Waals surface area contributed by atoms with Crippen LogP contribution in [0.4, 0.5) is 10.9 Å². The van der Waals surface area contributed by atoms with Gasteiger partial charge in [0.15, 0.2) is 10.8 Å². The number of fused-ring (bicyclic) bond motifs is 2. The maximum Gasteiger partial charge on any atom is 0.357 e. The molecule has 264 valence electrons. The Morgan fingerprint density at radius 3 is 2.62 bits per heavy atom. The number of aromatic nitrogens is 3. The molecule has 10 nitrogen and oxygen atoms in total. The maximum atomic E-state index is 13.6. The van der Waals surface area contributed by atoms with Crippen molar-refractivity contribution in [2.75, 3.05) is 23.9 Å². The van der Waals surface area contributed by atoms with Crippen LogP contribution in [0.3, 0.4) is 0 Å². The second-order valence-corrected chi connectivity index (χ2v) is 16.4. The van der Waals surface area contributed by atoms with Gasteiger partial charge in [0.1, 0.15) is 17.6 Å². The predicted molar refractivity (Wildman–Crippen MR) is 200 cm³/mol. The Kier molecular flexibility index (Phi) is 7.75. The summed E-state index contributed by atoms with van der Waals surface area (Å²) in [5.74, 6) is 1.19. The van der Waals surface area contributed by atoms with Crippen molar-refractivity contribution in [2.45, 2.75) is 76.7 Å². The number of ether oxygens (including phenoxy) is 2. The lowest BCUT2D eigenvalue weighted by Gasteiger charge is -2.61. The smallest absolute Gasteiger partial charge is 0.357 e. The summed E-state index contributed by atoms with van der Waals surface area (Å²) in [6.07, 6.45) is 6.27. The van der Waals surface area contributed by atoms with Gasteiger partial charge in [0, 0.05) is 35.5 Å². The number of carbonyl (C=O) groups excluding carboxylic acids is 2. The fraction of sp³-hybridized carbons (Fsp3) is 0.390. The lowest BCUT2D eigenvalue weighted by atomic mass is 9.58. The molecule has 52 heavy (non-hydrogen) atoms. The number of hydrogen-bond donors (Lipinski definition) is 1. The number of rotatable bonds is 7. The molecular weight excluding hydrogens is 673 g/mol. The van der Waals surface area contributed by atoms with Gasteiger partial charge in [-0.3, -0.25) is 10.1 Å². The molecule has 0 spiro atoms. The van der Waals surface area contributed by atoms with Crippen molar-refractivity contribution < 1.29 is 19.1 Å². The molecule has 2 atom stereocenters. The maximum absolute atomic E-state index is 13.6. The van der Waals surface area contributed by atoms with E-state index in [1.54, 1.807) is 0 Å². The number of nitriles is 1. The van der Waals surface area contributed by atoms with Crippen molar-refractivity contribution in [3.05, 3.63) is 94.4 Å². The van der Waals surface area contributed by atoms with E-state index in [1.807, 2.05) is 61.5 Å². The van der Waals surface area contributed by atoms with Crippen molar-refractivity contribution in [3.63, 3.8) is 0 Å². The molecule has 5 aliphatic rings. The van der Waals surface area contributed by atoms with E-state index in [1.165, 1.54) is 24.9 Å². The molecule has 1 N–H and O–H groups in total. The second kappa shape index (κ2) is 12.3. The first-order chi connectivity index (χ1) is 25.1. The highest BCUT2D eigenvalue weighted by Crippen LogP contribution is 2.58. The highest BCUT2D eigenvalue weighted by Gasteiger charge is 2.57. The number of nitrogens with zero attached hydrogens (tertiary/aromatic N) is 5. The quantitative estimate of drug-likeness (QED) is 0.171. The Balaban J connectivity index is 1.01. The molecule has 2 aliphatic carbocycles. The topological polar surface area (TPSA) is 122 Å². The molecule has 4 fully saturated rings.